The zero-order valence-corrected chi connectivity index (χ0v) is 16.2. The maximum atomic E-state index is 16.8. The van der Waals surface area contributed by atoms with E-state index in [0.29, 0.717) is 6.42 Å². The minimum atomic E-state index is -2.20. The Bertz CT molecular complexity index is 809. The van der Waals surface area contributed by atoms with Crippen molar-refractivity contribution < 1.29 is 33.3 Å². The first-order valence-corrected chi connectivity index (χ1v) is 9.73. The Balaban J connectivity index is 1.84. The summed E-state index contributed by atoms with van der Waals surface area (Å²) in [5.41, 5.74) is -6.59. The molecule has 0 saturated heterocycles. The molecule has 7 heteroatoms. The molecule has 4 aliphatic rings. The number of allylic oxidation sites excluding steroid dienone is 4. The van der Waals surface area contributed by atoms with Crippen molar-refractivity contribution in [2.24, 2.45) is 22.7 Å². The van der Waals surface area contributed by atoms with Crippen molar-refractivity contribution in [2.75, 3.05) is 7.11 Å². The van der Waals surface area contributed by atoms with Crippen molar-refractivity contribution in [3.05, 3.63) is 23.8 Å². The molecule has 0 aromatic heterocycles. The monoisotopic (exact) mass is 396 g/mol. The molecule has 0 heterocycles. The lowest BCUT2D eigenvalue weighted by atomic mass is 9.44. The summed E-state index contributed by atoms with van der Waals surface area (Å²) in [5, 5.41) is 22.1. The zero-order valence-electron chi connectivity index (χ0n) is 16.2. The van der Waals surface area contributed by atoms with Crippen LogP contribution in [0.2, 0.25) is 0 Å². The molecule has 0 bridgehead atoms. The van der Waals surface area contributed by atoms with E-state index in [0.717, 1.165) is 6.08 Å². The highest BCUT2D eigenvalue weighted by Gasteiger charge is 2.75. The first-order chi connectivity index (χ1) is 13.0. The van der Waals surface area contributed by atoms with Crippen LogP contribution < -0.4 is 0 Å². The molecule has 0 amide bonds. The molecule has 4 rings (SSSR count). The second kappa shape index (κ2) is 5.72. The molecule has 3 fully saturated rings. The lowest BCUT2D eigenvalue weighted by Crippen LogP contribution is -2.70. The highest BCUT2D eigenvalue weighted by Crippen LogP contribution is 2.69. The Kier molecular flexibility index (Phi) is 4.03. The summed E-state index contributed by atoms with van der Waals surface area (Å²) in [7, 11) is 1.18. The summed E-state index contributed by atoms with van der Waals surface area (Å²) in [4.78, 5) is 24.1. The predicted octanol–water partition coefficient (Wildman–Crippen LogP) is 2.21. The highest BCUT2D eigenvalue weighted by atomic mass is 19.1. The third kappa shape index (κ3) is 2.02. The number of carbonyl (C=O) groups excluding carboxylic acids is 2. The number of hydrogen-bond acceptors (Lipinski definition) is 5. The topological polar surface area (TPSA) is 83.8 Å². The van der Waals surface area contributed by atoms with Crippen LogP contribution in [-0.2, 0) is 14.3 Å². The number of esters is 1. The number of aliphatic hydroxyl groups is 2. The Hall–Kier alpha value is -1.60. The number of ketones is 1. The van der Waals surface area contributed by atoms with Crippen LogP contribution in [0.25, 0.3) is 0 Å². The minimum Gasteiger partial charge on any atom is -0.467 e. The largest absolute Gasteiger partial charge is 0.467 e. The van der Waals surface area contributed by atoms with Crippen LogP contribution in [-0.4, -0.2) is 52.6 Å². The number of alkyl halides is 2. The Morgan fingerprint density at radius 1 is 1.32 bits per heavy atom. The Labute approximate surface area is 162 Å². The predicted molar refractivity (Wildman–Crippen MR) is 95.6 cm³/mol. The van der Waals surface area contributed by atoms with Crippen molar-refractivity contribution in [1.82, 2.24) is 0 Å². The number of rotatable bonds is 1. The van der Waals surface area contributed by atoms with Gasteiger partial charge in [0.2, 0.25) is 0 Å². The molecule has 3 saturated carbocycles. The number of ether oxygens (including phenoxy) is 1. The summed E-state index contributed by atoms with van der Waals surface area (Å²) >= 11 is 0. The van der Waals surface area contributed by atoms with Crippen molar-refractivity contribution in [3.8, 4) is 0 Å². The van der Waals surface area contributed by atoms with Crippen molar-refractivity contribution in [1.29, 1.82) is 0 Å². The van der Waals surface area contributed by atoms with Gasteiger partial charge in [-0.1, -0.05) is 13.0 Å². The average molecular weight is 396 g/mol. The fourth-order valence-corrected chi connectivity index (χ4v) is 6.71. The molecule has 5 nitrogen and oxygen atoms in total. The van der Waals surface area contributed by atoms with E-state index in [1.54, 1.807) is 6.92 Å². The summed E-state index contributed by atoms with van der Waals surface area (Å²) in [6.45, 7) is 3.18. The van der Waals surface area contributed by atoms with Crippen LogP contribution in [0.4, 0.5) is 8.78 Å². The Morgan fingerprint density at radius 2 is 2.00 bits per heavy atom. The molecule has 4 aliphatic carbocycles. The number of methoxy groups -OCH3 is 1. The first kappa shape index (κ1) is 19.7. The molecule has 8 atom stereocenters. The fraction of sp³-hybridized carbons (Fsp3) is 0.714. The summed E-state index contributed by atoms with van der Waals surface area (Å²) < 4.78 is 36.7. The van der Waals surface area contributed by atoms with Crippen LogP contribution >= 0.6 is 0 Å². The van der Waals surface area contributed by atoms with Gasteiger partial charge in [0, 0.05) is 16.7 Å². The standard InChI is InChI=1S/C21H26F2O5/c1-18-6-4-11(24)8-14(18)15(22)9-13-12-5-7-20(27,17(26)28-3)19(12,2)10-16(25)21(13,18)23/h4,6,8,12-13,15-16,25,27H,5,7,9-10H2,1-3H3/t12?,13?,15-,16-,18-,19-,20-,21-/m0/s1. The van der Waals surface area contributed by atoms with Crippen LogP contribution in [0.3, 0.4) is 0 Å². The minimum absolute atomic E-state index is 0.0580. The third-order valence-electron chi connectivity index (χ3n) is 8.30. The molecule has 2 unspecified atom stereocenters. The molecule has 28 heavy (non-hydrogen) atoms. The van der Waals surface area contributed by atoms with E-state index in [9.17, 15) is 19.8 Å². The van der Waals surface area contributed by atoms with Crippen LogP contribution in [0.15, 0.2) is 23.8 Å². The van der Waals surface area contributed by atoms with Gasteiger partial charge in [-0.2, -0.15) is 0 Å². The molecule has 0 aromatic carbocycles. The molecular weight excluding hydrogens is 370 g/mol. The van der Waals surface area contributed by atoms with Gasteiger partial charge in [0.15, 0.2) is 17.1 Å². The van der Waals surface area contributed by atoms with Crippen molar-refractivity contribution in [2.45, 2.75) is 63.1 Å². The first-order valence-electron chi connectivity index (χ1n) is 9.73. The maximum absolute atomic E-state index is 16.8. The normalized spacial score (nSPS) is 52.4. The molecule has 2 N–H and O–H groups in total. The van der Waals surface area contributed by atoms with E-state index in [-0.39, 0.29) is 24.8 Å². The fourth-order valence-electron chi connectivity index (χ4n) is 6.71. The number of halogens is 2. The van der Waals surface area contributed by atoms with Crippen molar-refractivity contribution >= 4 is 11.8 Å². The molecule has 0 aliphatic heterocycles. The van der Waals surface area contributed by atoms with Crippen LogP contribution in [0.5, 0.6) is 0 Å². The van der Waals surface area contributed by atoms with Crippen molar-refractivity contribution in [3.63, 3.8) is 0 Å². The van der Waals surface area contributed by atoms with E-state index >= 15 is 8.78 Å². The smallest absolute Gasteiger partial charge is 0.338 e. The van der Waals surface area contributed by atoms with Crippen LogP contribution in [0.1, 0.15) is 39.5 Å². The second-order valence-electron chi connectivity index (χ2n) is 9.25. The SMILES string of the molecule is COC(=O)[C@@]1(O)CCC2C3C[C@H](F)C4=CC(=O)C=C[C@]4(C)[C@@]3(F)[C@@H](O)C[C@@]21C. The van der Waals surface area contributed by atoms with E-state index in [1.807, 2.05) is 0 Å². The van der Waals surface area contributed by atoms with E-state index < -0.39 is 58.0 Å². The van der Waals surface area contributed by atoms with Crippen LogP contribution in [0, 0.1) is 22.7 Å². The average Bonchev–Trinajstić information content (AvgIpc) is 2.91. The third-order valence-corrected chi connectivity index (χ3v) is 8.30. The summed E-state index contributed by atoms with van der Waals surface area (Å²) in [6.07, 6.45) is 0.714. The molecule has 0 aromatic rings. The quantitative estimate of drug-likeness (QED) is 0.664. The van der Waals surface area contributed by atoms with Gasteiger partial charge in [-0.3, -0.25) is 4.79 Å². The zero-order chi connectivity index (χ0) is 20.7. The molecular formula is C21H26F2O5. The highest BCUT2D eigenvalue weighted by molar-refractivity contribution is 6.01. The number of hydrogen-bond donors (Lipinski definition) is 2. The lowest BCUT2D eigenvalue weighted by Gasteiger charge is -2.62. The maximum Gasteiger partial charge on any atom is 0.338 e. The van der Waals surface area contributed by atoms with Gasteiger partial charge in [-0.15, -0.1) is 0 Å². The number of carbonyl (C=O) groups is 2. The van der Waals surface area contributed by atoms with E-state index in [4.69, 9.17) is 4.74 Å². The Morgan fingerprint density at radius 3 is 2.64 bits per heavy atom. The van der Waals surface area contributed by atoms with Gasteiger partial charge in [-0.25, -0.2) is 13.6 Å². The van der Waals surface area contributed by atoms with Gasteiger partial charge in [0.25, 0.3) is 0 Å². The number of aliphatic hydroxyl groups excluding tert-OH is 1. The van der Waals surface area contributed by atoms with E-state index in [1.165, 1.54) is 26.2 Å². The molecule has 0 spiro atoms. The summed E-state index contributed by atoms with van der Waals surface area (Å²) in [5.74, 6) is -2.62. The van der Waals surface area contributed by atoms with Gasteiger partial charge in [0.1, 0.15) is 6.17 Å². The summed E-state index contributed by atoms with van der Waals surface area (Å²) in [6, 6.07) is 0. The molecule has 0 radical (unpaired) electrons. The van der Waals surface area contributed by atoms with Gasteiger partial charge >= 0.3 is 5.97 Å². The van der Waals surface area contributed by atoms with Gasteiger partial charge in [0.05, 0.1) is 13.2 Å². The number of fused-ring (bicyclic) bond motifs is 5. The van der Waals surface area contributed by atoms with Gasteiger partial charge < -0.3 is 14.9 Å². The second-order valence-corrected chi connectivity index (χ2v) is 9.25. The lowest BCUT2D eigenvalue weighted by molar-refractivity contribution is -0.227. The van der Waals surface area contributed by atoms with Gasteiger partial charge in [-0.05, 0) is 56.3 Å². The molecule has 154 valence electrons. The van der Waals surface area contributed by atoms with E-state index in [2.05, 4.69) is 0 Å².